The molecule has 0 unspecified atom stereocenters. The summed E-state index contributed by atoms with van der Waals surface area (Å²) in [5, 5.41) is 11.4. The largest absolute Gasteiger partial charge is 0.480 e. The van der Waals surface area contributed by atoms with Gasteiger partial charge in [0.25, 0.3) is 0 Å². The Balaban J connectivity index is 0. The number of carboxylic acids is 1. The van der Waals surface area contributed by atoms with Gasteiger partial charge in [-0.3, -0.25) is 0 Å². The number of carboxylic acid groups (broad SMARTS) is 1. The molecule has 0 aliphatic carbocycles. The van der Waals surface area contributed by atoms with Gasteiger partial charge in [-0.05, 0) is 5.41 Å². The monoisotopic (exact) mass is 419 g/mol. The van der Waals surface area contributed by atoms with Crippen molar-refractivity contribution < 1.29 is 29.0 Å². The average Bonchev–Trinajstić information content (AvgIpc) is 2.55. The standard InChI is InChI=1S/C13H23NO4.C7H11ClO2/c1-7-13(5,6)8-18-11(17)14-9(10(15)16)12(2,3)4;1-4-7(2,3)5-10-6(8)9/h7,9H,1,8H2,2-6H3,(H,14,17)(H,15,16);4H,1,5H2,2-3H3/t9-;/m1./s1. The summed E-state index contributed by atoms with van der Waals surface area (Å²) in [7, 11) is 0. The number of ether oxygens (including phenoxy) is 2. The molecule has 0 saturated carbocycles. The predicted molar refractivity (Wildman–Crippen MR) is 111 cm³/mol. The molecule has 1 atom stereocenters. The van der Waals surface area contributed by atoms with E-state index in [1.54, 1.807) is 32.9 Å². The molecule has 0 rings (SSSR count). The second-order valence-corrected chi connectivity index (χ2v) is 9.08. The predicted octanol–water partition coefficient (Wildman–Crippen LogP) is 5.00. The van der Waals surface area contributed by atoms with Crippen LogP contribution in [0.15, 0.2) is 25.3 Å². The number of carbonyl (C=O) groups is 3. The van der Waals surface area contributed by atoms with Crippen LogP contribution in [-0.4, -0.2) is 41.9 Å². The van der Waals surface area contributed by atoms with Crippen LogP contribution < -0.4 is 5.32 Å². The highest BCUT2D eigenvalue weighted by atomic mass is 35.5. The van der Waals surface area contributed by atoms with Crippen LogP contribution in [0.5, 0.6) is 0 Å². The maximum Gasteiger partial charge on any atom is 0.407 e. The van der Waals surface area contributed by atoms with E-state index in [9.17, 15) is 14.4 Å². The summed E-state index contributed by atoms with van der Waals surface area (Å²) in [6, 6.07) is -0.989. The van der Waals surface area contributed by atoms with Gasteiger partial charge in [-0.25, -0.2) is 14.4 Å². The molecule has 1 amide bonds. The van der Waals surface area contributed by atoms with E-state index < -0.39 is 28.9 Å². The minimum atomic E-state index is -1.08. The van der Waals surface area contributed by atoms with Crippen LogP contribution in [-0.2, 0) is 14.3 Å². The second kappa shape index (κ2) is 11.7. The van der Waals surface area contributed by atoms with Gasteiger partial charge in [-0.15, -0.1) is 13.2 Å². The zero-order valence-corrected chi connectivity index (χ0v) is 18.7. The van der Waals surface area contributed by atoms with E-state index in [2.05, 4.69) is 23.2 Å². The fourth-order valence-corrected chi connectivity index (χ4v) is 1.47. The van der Waals surface area contributed by atoms with Gasteiger partial charge in [0.1, 0.15) is 19.3 Å². The highest BCUT2D eigenvalue weighted by molar-refractivity contribution is 6.61. The van der Waals surface area contributed by atoms with Crippen molar-refractivity contribution >= 4 is 29.1 Å². The van der Waals surface area contributed by atoms with Gasteiger partial charge in [-0.2, -0.15) is 0 Å². The lowest BCUT2D eigenvalue weighted by molar-refractivity contribution is -0.142. The first-order valence-corrected chi connectivity index (χ1v) is 9.11. The smallest absolute Gasteiger partial charge is 0.407 e. The summed E-state index contributed by atoms with van der Waals surface area (Å²) in [6.07, 6.45) is 2.66. The highest BCUT2D eigenvalue weighted by Crippen LogP contribution is 2.20. The molecule has 28 heavy (non-hydrogen) atoms. The van der Waals surface area contributed by atoms with Crippen molar-refractivity contribution in [3.8, 4) is 0 Å². The van der Waals surface area contributed by atoms with Crippen LogP contribution in [0, 0.1) is 16.2 Å². The fourth-order valence-electron chi connectivity index (χ4n) is 1.42. The number of rotatable bonds is 8. The Morgan fingerprint density at radius 1 is 0.964 bits per heavy atom. The summed E-state index contributed by atoms with van der Waals surface area (Å²) >= 11 is 4.95. The van der Waals surface area contributed by atoms with Crippen LogP contribution in [0.1, 0.15) is 48.5 Å². The first kappa shape index (κ1) is 28.2. The molecule has 0 saturated heterocycles. The van der Waals surface area contributed by atoms with E-state index in [0.29, 0.717) is 0 Å². The minimum absolute atomic E-state index is 0.152. The van der Waals surface area contributed by atoms with Crippen LogP contribution >= 0.6 is 11.6 Å². The van der Waals surface area contributed by atoms with Crippen molar-refractivity contribution in [2.75, 3.05) is 13.2 Å². The maximum absolute atomic E-state index is 11.5. The first-order chi connectivity index (χ1) is 12.5. The Labute approximate surface area is 173 Å². The molecule has 0 aromatic rings. The lowest BCUT2D eigenvalue weighted by Crippen LogP contribution is -2.49. The Bertz CT molecular complexity index is 564. The normalized spacial score (nSPS) is 12.6. The number of nitrogens with one attached hydrogen (secondary N) is 1. The van der Waals surface area contributed by atoms with Crippen molar-refractivity contribution in [2.24, 2.45) is 16.2 Å². The molecule has 162 valence electrons. The number of carbonyl (C=O) groups excluding carboxylic acids is 2. The lowest BCUT2D eigenvalue weighted by Gasteiger charge is -2.28. The topological polar surface area (TPSA) is 102 Å². The number of halogens is 1. The Hall–Kier alpha value is -2.02. The number of aliphatic carboxylic acids is 1. The zero-order chi connectivity index (χ0) is 22.8. The summed E-state index contributed by atoms with van der Waals surface area (Å²) in [6.45, 7) is 20.4. The molecule has 0 aliphatic heterocycles. The molecule has 0 aromatic heterocycles. The molecule has 0 spiro atoms. The minimum Gasteiger partial charge on any atom is -0.480 e. The molecule has 0 heterocycles. The van der Waals surface area contributed by atoms with Gasteiger partial charge in [0.2, 0.25) is 0 Å². The van der Waals surface area contributed by atoms with Gasteiger partial charge >= 0.3 is 17.5 Å². The third-order valence-electron chi connectivity index (χ3n) is 3.61. The second-order valence-electron chi connectivity index (χ2n) is 8.77. The van der Waals surface area contributed by atoms with Crippen LogP contribution in [0.4, 0.5) is 9.59 Å². The number of amides is 1. The van der Waals surface area contributed by atoms with E-state index >= 15 is 0 Å². The van der Waals surface area contributed by atoms with Gasteiger partial charge in [0.05, 0.1) is 0 Å². The van der Waals surface area contributed by atoms with Crippen LogP contribution in [0.25, 0.3) is 0 Å². The van der Waals surface area contributed by atoms with Crippen molar-refractivity contribution in [3.05, 3.63) is 25.3 Å². The third kappa shape index (κ3) is 14.1. The van der Waals surface area contributed by atoms with E-state index in [1.807, 2.05) is 27.7 Å². The molecule has 8 heteroatoms. The first-order valence-electron chi connectivity index (χ1n) is 8.73. The molecule has 0 bridgehead atoms. The summed E-state index contributed by atoms with van der Waals surface area (Å²) in [5.41, 5.74) is -1.88. The van der Waals surface area contributed by atoms with E-state index in [0.717, 1.165) is 0 Å². The lowest BCUT2D eigenvalue weighted by atomic mass is 9.87. The number of hydrogen-bond acceptors (Lipinski definition) is 5. The number of alkyl carbamates (subject to hydrolysis) is 1. The van der Waals surface area contributed by atoms with Crippen LogP contribution in [0.2, 0.25) is 0 Å². The Kier molecular flexibility index (Phi) is 11.8. The zero-order valence-electron chi connectivity index (χ0n) is 17.9. The Morgan fingerprint density at radius 2 is 1.36 bits per heavy atom. The van der Waals surface area contributed by atoms with E-state index in [4.69, 9.17) is 21.4 Å². The van der Waals surface area contributed by atoms with Crippen molar-refractivity contribution in [3.63, 3.8) is 0 Å². The van der Waals surface area contributed by atoms with E-state index in [1.165, 1.54) is 0 Å². The Morgan fingerprint density at radius 3 is 1.64 bits per heavy atom. The summed E-state index contributed by atoms with van der Waals surface area (Å²) in [5.74, 6) is -1.08. The molecule has 0 radical (unpaired) electrons. The molecule has 0 aliphatic rings. The summed E-state index contributed by atoms with van der Waals surface area (Å²) < 4.78 is 9.54. The van der Waals surface area contributed by atoms with Gasteiger partial charge < -0.3 is 19.9 Å². The highest BCUT2D eigenvalue weighted by Gasteiger charge is 2.33. The van der Waals surface area contributed by atoms with Crippen molar-refractivity contribution in [1.82, 2.24) is 5.32 Å². The maximum atomic E-state index is 11.5. The SMILES string of the molecule is C=CC(C)(C)COC(=O)Cl.C=CC(C)(C)COC(=O)N[C@H](C(=O)O)C(C)(C)C. The molecular weight excluding hydrogens is 386 g/mol. The van der Waals surface area contributed by atoms with Crippen LogP contribution in [0.3, 0.4) is 0 Å². The molecule has 7 nitrogen and oxygen atoms in total. The number of hydrogen-bond donors (Lipinski definition) is 2. The average molecular weight is 420 g/mol. The molecule has 0 fully saturated rings. The van der Waals surface area contributed by atoms with Crippen molar-refractivity contribution in [1.29, 1.82) is 0 Å². The molecule has 2 N–H and O–H groups in total. The van der Waals surface area contributed by atoms with Crippen molar-refractivity contribution in [2.45, 2.75) is 54.5 Å². The van der Waals surface area contributed by atoms with Gasteiger partial charge in [-0.1, -0.05) is 60.6 Å². The molecule has 0 aromatic carbocycles. The molecular formula is C20H34ClNO6. The third-order valence-corrected chi connectivity index (χ3v) is 3.72. The summed E-state index contributed by atoms with van der Waals surface area (Å²) in [4.78, 5) is 32.7. The van der Waals surface area contributed by atoms with E-state index in [-0.39, 0.29) is 24.0 Å². The fraction of sp³-hybridized carbons (Fsp3) is 0.650. The quantitative estimate of drug-likeness (QED) is 0.424. The van der Waals surface area contributed by atoms with Gasteiger partial charge in [0.15, 0.2) is 0 Å². The van der Waals surface area contributed by atoms with Gasteiger partial charge in [0, 0.05) is 22.4 Å².